The quantitative estimate of drug-likeness (QED) is 0.182. The van der Waals surface area contributed by atoms with Crippen LogP contribution in [0.25, 0.3) is 0 Å². The highest BCUT2D eigenvalue weighted by Crippen LogP contribution is 2.33. The molecule has 5 rings (SSSR count). The van der Waals surface area contributed by atoms with Gasteiger partial charge in [-0.2, -0.15) is 0 Å². The van der Waals surface area contributed by atoms with Crippen LogP contribution < -0.4 is 24.4 Å². The second-order valence-corrected chi connectivity index (χ2v) is 13.3. The summed E-state index contributed by atoms with van der Waals surface area (Å²) in [5, 5.41) is 2.92. The maximum atomic E-state index is 13.7. The molecule has 0 atom stereocenters. The number of benzene rings is 4. The van der Waals surface area contributed by atoms with Crippen molar-refractivity contribution >= 4 is 29.3 Å². The van der Waals surface area contributed by atoms with Crippen LogP contribution in [0.5, 0.6) is 17.2 Å². The zero-order chi connectivity index (χ0) is 35.8. The molecule has 1 fully saturated rings. The van der Waals surface area contributed by atoms with Gasteiger partial charge in [0.15, 0.2) is 0 Å². The predicted molar refractivity (Wildman–Crippen MR) is 194 cm³/mol. The summed E-state index contributed by atoms with van der Waals surface area (Å²) in [6.07, 6.45) is 0.709. The minimum atomic E-state index is -0.560. The normalized spacial score (nSPS) is 13.3. The predicted octanol–water partition coefficient (Wildman–Crippen LogP) is 7.89. The summed E-state index contributed by atoms with van der Waals surface area (Å²) < 4.78 is 23.5. The van der Waals surface area contributed by atoms with Gasteiger partial charge in [-0.3, -0.25) is 9.59 Å². The first-order chi connectivity index (χ1) is 23.9. The van der Waals surface area contributed by atoms with Gasteiger partial charge < -0.3 is 34.1 Å². The fourth-order valence-electron chi connectivity index (χ4n) is 5.59. The Bertz CT molecular complexity index is 1810. The molecule has 1 N–H and O–H groups in total. The number of piperidine rings is 1. The van der Waals surface area contributed by atoms with E-state index in [1.54, 1.807) is 53.2 Å². The van der Waals surface area contributed by atoms with Gasteiger partial charge in [0.2, 0.25) is 0 Å². The van der Waals surface area contributed by atoms with Crippen molar-refractivity contribution in [2.24, 2.45) is 0 Å². The lowest BCUT2D eigenvalue weighted by molar-refractivity contribution is 0.0126. The first-order valence-corrected chi connectivity index (χ1v) is 16.7. The number of rotatable bonds is 10. The summed E-state index contributed by atoms with van der Waals surface area (Å²) >= 11 is 0. The van der Waals surface area contributed by atoms with E-state index >= 15 is 0 Å². The molecule has 0 saturated carbocycles. The van der Waals surface area contributed by atoms with E-state index in [9.17, 15) is 14.4 Å². The SMILES string of the molecule is COc1cc(C(=O)N(C)c2ccc(C)cc2OCc2ccccc2)ccc1NC(=O)c1ccccc1OC1CCN(C(=O)OC(C)(C)C)CC1. The summed E-state index contributed by atoms with van der Waals surface area (Å²) in [7, 11) is 3.18. The molecule has 262 valence electrons. The molecule has 50 heavy (non-hydrogen) atoms. The smallest absolute Gasteiger partial charge is 0.410 e. The molecule has 10 heteroatoms. The molecule has 1 heterocycles. The number of para-hydroxylation sites is 1. The summed E-state index contributed by atoms with van der Waals surface area (Å²) in [5.41, 5.74) is 3.22. The number of carbonyl (C=O) groups is 3. The van der Waals surface area contributed by atoms with Crippen molar-refractivity contribution in [3.63, 3.8) is 0 Å². The van der Waals surface area contributed by atoms with Crippen LogP contribution in [0.4, 0.5) is 16.2 Å². The molecule has 4 aromatic rings. The Labute approximate surface area is 293 Å². The van der Waals surface area contributed by atoms with Crippen molar-refractivity contribution < 1.29 is 33.3 Å². The van der Waals surface area contributed by atoms with Gasteiger partial charge in [-0.15, -0.1) is 0 Å². The van der Waals surface area contributed by atoms with E-state index in [-0.39, 0.29) is 24.0 Å². The third-order valence-electron chi connectivity index (χ3n) is 8.23. The number of likely N-dealkylation sites (tertiary alicyclic amines) is 1. The molecular weight excluding hydrogens is 634 g/mol. The van der Waals surface area contributed by atoms with Gasteiger partial charge in [0, 0.05) is 38.5 Å². The van der Waals surface area contributed by atoms with Crippen LogP contribution in [0.15, 0.2) is 91.0 Å². The Hall–Kier alpha value is -5.51. The Balaban J connectivity index is 1.25. The molecule has 0 aromatic heterocycles. The van der Waals surface area contributed by atoms with Crippen molar-refractivity contribution in [3.8, 4) is 17.2 Å². The van der Waals surface area contributed by atoms with Crippen LogP contribution in [0.3, 0.4) is 0 Å². The van der Waals surface area contributed by atoms with Crippen LogP contribution in [-0.4, -0.2) is 61.8 Å². The molecule has 3 amide bonds. The molecule has 0 bridgehead atoms. The maximum Gasteiger partial charge on any atom is 0.410 e. The molecule has 1 aliphatic rings. The minimum Gasteiger partial charge on any atom is -0.495 e. The van der Waals surface area contributed by atoms with Gasteiger partial charge >= 0.3 is 6.09 Å². The van der Waals surface area contributed by atoms with Gasteiger partial charge in [-0.1, -0.05) is 48.5 Å². The highest BCUT2D eigenvalue weighted by atomic mass is 16.6. The van der Waals surface area contributed by atoms with Crippen molar-refractivity contribution in [1.29, 1.82) is 0 Å². The highest BCUT2D eigenvalue weighted by Gasteiger charge is 2.28. The number of hydrogen-bond acceptors (Lipinski definition) is 7. The summed E-state index contributed by atoms with van der Waals surface area (Å²) in [6.45, 7) is 8.86. The fourth-order valence-corrected chi connectivity index (χ4v) is 5.59. The van der Waals surface area contributed by atoms with E-state index in [0.717, 1.165) is 11.1 Å². The second kappa shape index (κ2) is 15.8. The molecule has 1 aliphatic heterocycles. The summed E-state index contributed by atoms with van der Waals surface area (Å²) in [6, 6.07) is 27.5. The monoisotopic (exact) mass is 679 g/mol. The average Bonchev–Trinajstić information content (AvgIpc) is 3.10. The number of amides is 3. The van der Waals surface area contributed by atoms with E-state index in [4.69, 9.17) is 18.9 Å². The number of aryl methyl sites for hydroxylation is 1. The lowest BCUT2D eigenvalue weighted by Gasteiger charge is -2.33. The molecular formula is C40H45N3O7. The van der Waals surface area contributed by atoms with Crippen molar-refractivity contribution in [2.75, 3.05) is 37.5 Å². The van der Waals surface area contributed by atoms with Crippen molar-refractivity contribution in [1.82, 2.24) is 4.90 Å². The first-order valence-electron chi connectivity index (χ1n) is 16.7. The van der Waals surface area contributed by atoms with Crippen LogP contribution in [0, 0.1) is 6.92 Å². The molecule has 0 aliphatic carbocycles. The largest absolute Gasteiger partial charge is 0.495 e. The molecule has 0 spiro atoms. The summed E-state index contributed by atoms with van der Waals surface area (Å²) in [4.78, 5) is 43.0. The number of nitrogens with zero attached hydrogens (tertiary/aromatic N) is 2. The first kappa shape index (κ1) is 35.8. The number of ether oxygens (including phenoxy) is 4. The average molecular weight is 680 g/mol. The summed E-state index contributed by atoms with van der Waals surface area (Å²) in [5.74, 6) is 0.702. The van der Waals surface area contributed by atoms with Gasteiger partial charge in [0.25, 0.3) is 11.8 Å². The van der Waals surface area contributed by atoms with Crippen LogP contribution in [0.1, 0.15) is 65.5 Å². The van der Waals surface area contributed by atoms with Crippen molar-refractivity contribution in [3.05, 3.63) is 113 Å². The van der Waals surface area contributed by atoms with E-state index in [0.29, 0.717) is 72.3 Å². The van der Waals surface area contributed by atoms with Crippen LogP contribution in [-0.2, 0) is 11.3 Å². The van der Waals surface area contributed by atoms with Crippen LogP contribution >= 0.6 is 0 Å². The van der Waals surface area contributed by atoms with E-state index in [1.165, 1.54) is 7.11 Å². The van der Waals surface area contributed by atoms with Gasteiger partial charge in [0.1, 0.15) is 35.6 Å². The van der Waals surface area contributed by atoms with E-state index < -0.39 is 5.60 Å². The van der Waals surface area contributed by atoms with E-state index in [1.807, 2.05) is 82.3 Å². The standard InChI is InChI=1S/C40H45N3O7/c1-27-16-19-33(36(24-27)48-26-28-12-8-7-9-13-28)42(5)38(45)29-17-18-32(35(25-29)47-6)41-37(44)31-14-10-11-15-34(31)49-30-20-22-43(23-21-30)39(46)50-40(2,3)4/h7-19,24-25,30H,20-23,26H2,1-6H3,(H,41,44). The third kappa shape index (κ3) is 9.13. The Morgan fingerprint density at radius 1 is 0.860 bits per heavy atom. The number of methoxy groups -OCH3 is 1. The number of nitrogens with one attached hydrogen (secondary N) is 1. The topological polar surface area (TPSA) is 107 Å². The lowest BCUT2D eigenvalue weighted by Crippen LogP contribution is -2.44. The van der Waals surface area contributed by atoms with Gasteiger partial charge in [0.05, 0.1) is 24.0 Å². The molecule has 1 saturated heterocycles. The van der Waals surface area contributed by atoms with Gasteiger partial charge in [-0.25, -0.2) is 4.79 Å². The number of carbonyl (C=O) groups excluding carboxylic acids is 3. The van der Waals surface area contributed by atoms with Crippen molar-refractivity contribution in [2.45, 2.75) is 58.8 Å². The molecule has 0 unspecified atom stereocenters. The second-order valence-electron chi connectivity index (χ2n) is 13.3. The zero-order valence-corrected chi connectivity index (χ0v) is 29.5. The Kier molecular flexibility index (Phi) is 11.3. The molecule has 4 aromatic carbocycles. The Morgan fingerprint density at radius 2 is 1.56 bits per heavy atom. The highest BCUT2D eigenvalue weighted by molar-refractivity contribution is 6.09. The molecule has 10 nitrogen and oxygen atoms in total. The number of hydrogen-bond donors (Lipinski definition) is 1. The fraction of sp³-hybridized carbons (Fsp3) is 0.325. The maximum absolute atomic E-state index is 13.7. The van der Waals surface area contributed by atoms with Crippen LogP contribution in [0.2, 0.25) is 0 Å². The van der Waals surface area contributed by atoms with Gasteiger partial charge in [-0.05, 0) is 81.3 Å². The Morgan fingerprint density at radius 3 is 2.26 bits per heavy atom. The minimum absolute atomic E-state index is 0.169. The molecule has 0 radical (unpaired) electrons. The third-order valence-corrected chi connectivity index (χ3v) is 8.23. The lowest BCUT2D eigenvalue weighted by atomic mass is 10.1. The zero-order valence-electron chi connectivity index (χ0n) is 29.5. The van der Waals surface area contributed by atoms with E-state index in [2.05, 4.69) is 5.32 Å². The number of anilines is 2.